The number of carbonyl (C=O) groups is 2. The second-order valence-corrected chi connectivity index (χ2v) is 4.99. The van der Waals surface area contributed by atoms with E-state index in [4.69, 9.17) is 5.11 Å². The quantitative estimate of drug-likeness (QED) is 0.887. The molecule has 1 aromatic carbocycles. The summed E-state index contributed by atoms with van der Waals surface area (Å²) in [6, 6.07) is 8.35. The summed E-state index contributed by atoms with van der Waals surface area (Å²) in [5.41, 5.74) is 2.47. The van der Waals surface area contributed by atoms with Crippen molar-refractivity contribution in [3.8, 4) is 0 Å². The first kappa shape index (κ1) is 15.2. The van der Waals surface area contributed by atoms with E-state index in [0.29, 0.717) is 12.3 Å². The molecule has 0 fully saturated rings. The fourth-order valence-electron chi connectivity index (χ4n) is 1.79. The fraction of sp³-hybridized carbons (Fsp3) is 0.467. The van der Waals surface area contributed by atoms with Gasteiger partial charge in [-0.05, 0) is 29.9 Å². The molecule has 0 radical (unpaired) electrons. The highest BCUT2D eigenvalue weighted by molar-refractivity contribution is 5.90. The molecule has 1 aromatic rings. The van der Waals surface area contributed by atoms with Crippen LogP contribution in [0.15, 0.2) is 24.3 Å². The zero-order chi connectivity index (χ0) is 14.4. The topological polar surface area (TPSA) is 57.6 Å². The zero-order valence-corrected chi connectivity index (χ0v) is 11.7. The second-order valence-electron chi connectivity index (χ2n) is 4.99. The molecular formula is C15H21NO3. The van der Waals surface area contributed by atoms with Crippen molar-refractivity contribution in [3.63, 3.8) is 0 Å². The minimum absolute atomic E-state index is 0.259. The Morgan fingerprint density at radius 2 is 1.79 bits per heavy atom. The standard InChI is InChI=1S/C15H21NO3/c1-11(2)13-9-7-12(8-10-13)5-4-6-14(17)16(3)15(18)19/h7-11H,4-6H2,1-3H3,(H,18,19). The molecule has 1 N–H and O–H groups in total. The fourth-order valence-corrected chi connectivity index (χ4v) is 1.79. The molecule has 0 saturated carbocycles. The Balaban J connectivity index is 2.41. The molecule has 2 amide bonds. The van der Waals surface area contributed by atoms with Crippen LogP contribution in [0.1, 0.15) is 43.7 Å². The lowest BCUT2D eigenvalue weighted by molar-refractivity contribution is -0.128. The monoisotopic (exact) mass is 263 g/mol. The number of carboxylic acid groups (broad SMARTS) is 1. The average molecular weight is 263 g/mol. The summed E-state index contributed by atoms with van der Waals surface area (Å²) in [6.07, 6.45) is 0.510. The third-order valence-corrected chi connectivity index (χ3v) is 3.16. The van der Waals surface area contributed by atoms with Gasteiger partial charge in [0.2, 0.25) is 5.91 Å². The lowest BCUT2D eigenvalue weighted by Gasteiger charge is -2.11. The molecule has 1 rings (SSSR count). The lowest BCUT2D eigenvalue weighted by Crippen LogP contribution is -2.31. The van der Waals surface area contributed by atoms with Crippen LogP contribution >= 0.6 is 0 Å². The van der Waals surface area contributed by atoms with Gasteiger partial charge in [-0.15, -0.1) is 0 Å². The smallest absolute Gasteiger partial charge is 0.413 e. The number of carbonyl (C=O) groups excluding carboxylic acids is 1. The van der Waals surface area contributed by atoms with Crippen LogP contribution in [0.3, 0.4) is 0 Å². The van der Waals surface area contributed by atoms with Gasteiger partial charge in [-0.2, -0.15) is 0 Å². The molecular weight excluding hydrogens is 242 g/mol. The van der Waals surface area contributed by atoms with Gasteiger partial charge in [0, 0.05) is 13.5 Å². The molecule has 0 aliphatic rings. The molecule has 19 heavy (non-hydrogen) atoms. The Kier molecular flexibility index (Phi) is 5.55. The van der Waals surface area contributed by atoms with Crippen molar-refractivity contribution in [2.24, 2.45) is 0 Å². The summed E-state index contributed by atoms with van der Waals surface area (Å²) in [6.45, 7) is 4.30. The summed E-state index contributed by atoms with van der Waals surface area (Å²) in [7, 11) is 1.28. The Hall–Kier alpha value is -1.84. The van der Waals surface area contributed by atoms with Gasteiger partial charge in [0.15, 0.2) is 0 Å². The van der Waals surface area contributed by atoms with E-state index < -0.39 is 6.09 Å². The van der Waals surface area contributed by atoms with Crippen molar-refractivity contribution in [3.05, 3.63) is 35.4 Å². The van der Waals surface area contributed by atoms with E-state index in [0.717, 1.165) is 11.3 Å². The number of benzene rings is 1. The molecule has 0 aliphatic heterocycles. The van der Waals surface area contributed by atoms with Crippen LogP contribution in [-0.2, 0) is 11.2 Å². The van der Waals surface area contributed by atoms with Gasteiger partial charge in [-0.1, -0.05) is 38.1 Å². The van der Waals surface area contributed by atoms with E-state index in [1.807, 2.05) is 0 Å². The molecule has 4 heteroatoms. The maximum absolute atomic E-state index is 11.5. The average Bonchev–Trinajstić information content (AvgIpc) is 2.38. The number of imide groups is 1. The van der Waals surface area contributed by atoms with Crippen molar-refractivity contribution in [1.82, 2.24) is 4.90 Å². The molecule has 0 saturated heterocycles. The van der Waals surface area contributed by atoms with Gasteiger partial charge >= 0.3 is 6.09 Å². The van der Waals surface area contributed by atoms with Crippen LogP contribution < -0.4 is 0 Å². The van der Waals surface area contributed by atoms with E-state index >= 15 is 0 Å². The molecule has 0 spiro atoms. The van der Waals surface area contributed by atoms with Crippen LogP contribution in [0.2, 0.25) is 0 Å². The predicted octanol–water partition coefficient (Wildman–Crippen LogP) is 3.27. The van der Waals surface area contributed by atoms with Crippen molar-refractivity contribution in [1.29, 1.82) is 0 Å². The van der Waals surface area contributed by atoms with Crippen molar-refractivity contribution >= 4 is 12.0 Å². The Labute approximate surface area is 114 Å². The largest absolute Gasteiger partial charge is 0.465 e. The van der Waals surface area contributed by atoms with Gasteiger partial charge in [0.1, 0.15) is 0 Å². The van der Waals surface area contributed by atoms with E-state index in [-0.39, 0.29) is 12.3 Å². The molecule has 0 heterocycles. The van der Waals surface area contributed by atoms with Crippen molar-refractivity contribution in [2.75, 3.05) is 7.05 Å². The summed E-state index contributed by atoms with van der Waals surface area (Å²) in [4.78, 5) is 22.8. The highest BCUT2D eigenvalue weighted by Gasteiger charge is 2.14. The minimum atomic E-state index is -1.20. The van der Waals surface area contributed by atoms with E-state index in [1.165, 1.54) is 18.2 Å². The van der Waals surface area contributed by atoms with Gasteiger partial charge in [0.05, 0.1) is 0 Å². The summed E-state index contributed by atoms with van der Waals surface area (Å²) >= 11 is 0. The first-order chi connectivity index (χ1) is 8.91. The highest BCUT2D eigenvalue weighted by atomic mass is 16.4. The Bertz CT molecular complexity index is 437. The molecule has 0 aliphatic carbocycles. The minimum Gasteiger partial charge on any atom is -0.465 e. The van der Waals surface area contributed by atoms with Gasteiger partial charge in [-0.25, -0.2) is 4.79 Å². The van der Waals surface area contributed by atoms with Gasteiger partial charge < -0.3 is 5.11 Å². The maximum Gasteiger partial charge on any atom is 0.413 e. The SMILES string of the molecule is CC(C)c1ccc(CCCC(=O)N(C)C(=O)O)cc1. The molecule has 0 aromatic heterocycles. The van der Waals surface area contributed by atoms with Gasteiger partial charge in [-0.3, -0.25) is 9.69 Å². The van der Waals surface area contributed by atoms with E-state index in [1.54, 1.807) is 0 Å². The van der Waals surface area contributed by atoms with Crippen molar-refractivity contribution < 1.29 is 14.7 Å². The number of rotatable bonds is 5. The van der Waals surface area contributed by atoms with Crippen LogP contribution in [0.5, 0.6) is 0 Å². The number of aryl methyl sites for hydroxylation is 1. The normalized spacial score (nSPS) is 10.5. The first-order valence-corrected chi connectivity index (χ1v) is 6.50. The number of hydrogen-bond donors (Lipinski definition) is 1. The first-order valence-electron chi connectivity index (χ1n) is 6.50. The van der Waals surface area contributed by atoms with E-state index in [2.05, 4.69) is 38.1 Å². The second kappa shape index (κ2) is 6.92. The zero-order valence-electron chi connectivity index (χ0n) is 11.7. The van der Waals surface area contributed by atoms with E-state index in [9.17, 15) is 9.59 Å². The van der Waals surface area contributed by atoms with Gasteiger partial charge in [0.25, 0.3) is 0 Å². The number of amides is 2. The Morgan fingerprint density at radius 1 is 1.21 bits per heavy atom. The molecule has 0 bridgehead atoms. The maximum atomic E-state index is 11.5. The third-order valence-electron chi connectivity index (χ3n) is 3.16. The molecule has 0 atom stereocenters. The van der Waals surface area contributed by atoms with Crippen LogP contribution in [0.25, 0.3) is 0 Å². The van der Waals surface area contributed by atoms with Crippen LogP contribution in [-0.4, -0.2) is 29.1 Å². The summed E-state index contributed by atoms with van der Waals surface area (Å²) < 4.78 is 0. The summed E-state index contributed by atoms with van der Waals surface area (Å²) in [5, 5.41) is 8.66. The number of nitrogens with zero attached hydrogens (tertiary/aromatic N) is 1. The predicted molar refractivity (Wildman–Crippen MR) is 74.3 cm³/mol. The van der Waals surface area contributed by atoms with Crippen molar-refractivity contribution in [2.45, 2.75) is 39.0 Å². The van der Waals surface area contributed by atoms with Crippen LogP contribution in [0, 0.1) is 0 Å². The Morgan fingerprint density at radius 3 is 2.26 bits per heavy atom. The highest BCUT2D eigenvalue weighted by Crippen LogP contribution is 2.15. The molecule has 4 nitrogen and oxygen atoms in total. The third kappa shape index (κ3) is 4.73. The number of hydrogen-bond acceptors (Lipinski definition) is 2. The molecule has 0 unspecified atom stereocenters. The molecule has 104 valence electrons. The lowest BCUT2D eigenvalue weighted by atomic mass is 10.00. The van der Waals surface area contributed by atoms with Crippen LogP contribution in [0.4, 0.5) is 4.79 Å². The summed E-state index contributed by atoms with van der Waals surface area (Å²) in [5.74, 6) is 0.158.